The lowest BCUT2D eigenvalue weighted by Gasteiger charge is -2.29. The van der Waals surface area contributed by atoms with Crippen molar-refractivity contribution in [3.63, 3.8) is 0 Å². The highest BCUT2D eigenvalue weighted by atomic mass is 16.4. The average Bonchev–Trinajstić information content (AvgIpc) is 2.78. The van der Waals surface area contributed by atoms with E-state index in [1.807, 2.05) is 23.1 Å². The molecule has 0 radical (unpaired) electrons. The number of hydrogen-bond acceptors (Lipinski definition) is 3. The minimum Gasteiger partial charge on any atom is -0.481 e. The highest BCUT2D eigenvalue weighted by Gasteiger charge is 2.35. The van der Waals surface area contributed by atoms with Crippen LogP contribution in [0.5, 0.6) is 0 Å². The lowest BCUT2D eigenvalue weighted by Crippen LogP contribution is -2.36. The van der Waals surface area contributed by atoms with Crippen LogP contribution >= 0.6 is 0 Å². The Hall–Kier alpha value is -3.15. The summed E-state index contributed by atoms with van der Waals surface area (Å²) in [5.41, 5.74) is 3.28. The second-order valence-electron chi connectivity index (χ2n) is 8.09. The van der Waals surface area contributed by atoms with E-state index in [-0.39, 0.29) is 11.8 Å². The van der Waals surface area contributed by atoms with Crippen LogP contribution < -0.4 is 10.2 Å². The van der Waals surface area contributed by atoms with Crippen molar-refractivity contribution in [1.29, 1.82) is 0 Å². The first-order chi connectivity index (χ1) is 14.5. The van der Waals surface area contributed by atoms with E-state index >= 15 is 0 Å². The van der Waals surface area contributed by atoms with Crippen molar-refractivity contribution in [3.8, 4) is 0 Å². The number of rotatable bonds is 4. The van der Waals surface area contributed by atoms with E-state index in [0.717, 1.165) is 31.4 Å². The van der Waals surface area contributed by atoms with E-state index in [4.69, 9.17) is 0 Å². The van der Waals surface area contributed by atoms with Gasteiger partial charge in [0.25, 0.3) is 5.91 Å². The molecule has 1 aliphatic heterocycles. The second-order valence-corrected chi connectivity index (χ2v) is 8.09. The largest absolute Gasteiger partial charge is 0.481 e. The predicted molar refractivity (Wildman–Crippen MR) is 115 cm³/mol. The molecule has 2 aromatic rings. The van der Waals surface area contributed by atoms with Crippen molar-refractivity contribution < 1.29 is 19.5 Å². The zero-order valence-electron chi connectivity index (χ0n) is 16.8. The molecule has 2 aromatic carbocycles. The first-order valence-corrected chi connectivity index (χ1v) is 10.6. The molecule has 0 aromatic heterocycles. The average molecular weight is 406 g/mol. The zero-order valence-corrected chi connectivity index (χ0v) is 16.8. The van der Waals surface area contributed by atoms with E-state index in [1.54, 1.807) is 24.3 Å². The number of aryl methyl sites for hydroxylation is 1. The van der Waals surface area contributed by atoms with Crippen LogP contribution in [0.3, 0.4) is 0 Å². The number of carbonyl (C=O) groups is 3. The van der Waals surface area contributed by atoms with Crippen molar-refractivity contribution in [2.24, 2.45) is 11.8 Å². The zero-order chi connectivity index (χ0) is 21.1. The number of amides is 2. The number of nitrogens with zero attached hydrogens (tertiary/aromatic N) is 1. The molecule has 0 spiro atoms. The van der Waals surface area contributed by atoms with Crippen LogP contribution in [-0.2, 0) is 16.0 Å². The normalized spacial score (nSPS) is 20.9. The standard InChI is InChI=1S/C24H26N2O4/c27-22(19-8-2-3-9-20(19)24(29)30)25-18-13-11-17(12-14-18)23(28)26-15-5-7-16-6-1-4-10-21(16)26/h1,4,6,10-14,19-20H,2-3,5,7-9,15H2,(H,25,27)(H,29,30)/t19-,20-/m0/s1. The smallest absolute Gasteiger partial charge is 0.307 e. The van der Waals surface area contributed by atoms with Crippen LogP contribution in [0.2, 0.25) is 0 Å². The third-order valence-corrected chi connectivity index (χ3v) is 6.17. The van der Waals surface area contributed by atoms with Crippen molar-refractivity contribution in [2.45, 2.75) is 38.5 Å². The molecule has 0 unspecified atom stereocenters. The fourth-order valence-corrected chi connectivity index (χ4v) is 4.57. The molecule has 0 bridgehead atoms. The molecule has 6 nitrogen and oxygen atoms in total. The lowest BCUT2D eigenvalue weighted by atomic mass is 9.78. The van der Waals surface area contributed by atoms with Gasteiger partial charge in [0.15, 0.2) is 0 Å². The van der Waals surface area contributed by atoms with Crippen LogP contribution in [0.15, 0.2) is 48.5 Å². The first-order valence-electron chi connectivity index (χ1n) is 10.6. The molecular weight excluding hydrogens is 380 g/mol. The molecule has 1 aliphatic carbocycles. The monoisotopic (exact) mass is 406 g/mol. The summed E-state index contributed by atoms with van der Waals surface area (Å²) >= 11 is 0. The minimum atomic E-state index is -0.905. The summed E-state index contributed by atoms with van der Waals surface area (Å²) in [5.74, 6) is -2.36. The maximum absolute atomic E-state index is 13.0. The number of hydrogen-bond donors (Lipinski definition) is 2. The van der Waals surface area contributed by atoms with E-state index in [0.29, 0.717) is 30.6 Å². The van der Waals surface area contributed by atoms with Gasteiger partial charge in [0, 0.05) is 23.5 Å². The topological polar surface area (TPSA) is 86.7 Å². The predicted octanol–water partition coefficient (Wildman–Crippen LogP) is 4.11. The molecule has 2 atom stereocenters. The molecule has 156 valence electrons. The van der Waals surface area contributed by atoms with Gasteiger partial charge in [-0.1, -0.05) is 31.0 Å². The van der Waals surface area contributed by atoms with Crippen LogP contribution in [0.1, 0.15) is 48.0 Å². The number of para-hydroxylation sites is 1. The maximum atomic E-state index is 13.0. The number of nitrogens with one attached hydrogen (secondary N) is 1. The summed E-state index contributed by atoms with van der Waals surface area (Å²) < 4.78 is 0. The third kappa shape index (κ3) is 4.08. The molecular formula is C24H26N2O4. The Morgan fingerprint density at radius 1 is 0.900 bits per heavy atom. The van der Waals surface area contributed by atoms with Gasteiger partial charge in [-0.25, -0.2) is 0 Å². The summed E-state index contributed by atoms with van der Waals surface area (Å²) in [7, 11) is 0. The Labute approximate surface area is 175 Å². The highest BCUT2D eigenvalue weighted by Crippen LogP contribution is 2.32. The van der Waals surface area contributed by atoms with Crippen LogP contribution in [-0.4, -0.2) is 29.4 Å². The molecule has 2 N–H and O–H groups in total. The molecule has 2 amide bonds. The number of fused-ring (bicyclic) bond motifs is 1. The van der Waals surface area contributed by atoms with Gasteiger partial charge in [-0.2, -0.15) is 0 Å². The second kappa shape index (κ2) is 8.69. The lowest BCUT2D eigenvalue weighted by molar-refractivity contribution is -0.147. The SMILES string of the molecule is O=C(O)[C@H]1CCCC[C@@H]1C(=O)Nc1ccc(C(=O)N2CCCc3ccccc32)cc1. The fourth-order valence-electron chi connectivity index (χ4n) is 4.57. The number of aliphatic carboxylic acids is 1. The highest BCUT2D eigenvalue weighted by molar-refractivity contribution is 6.07. The third-order valence-electron chi connectivity index (χ3n) is 6.17. The molecule has 1 heterocycles. The summed E-state index contributed by atoms with van der Waals surface area (Å²) in [6.07, 6.45) is 4.75. The van der Waals surface area contributed by atoms with Crippen molar-refractivity contribution in [1.82, 2.24) is 0 Å². The van der Waals surface area contributed by atoms with E-state index < -0.39 is 17.8 Å². The van der Waals surface area contributed by atoms with Crippen molar-refractivity contribution in [3.05, 3.63) is 59.7 Å². The van der Waals surface area contributed by atoms with Gasteiger partial charge in [0.1, 0.15) is 0 Å². The number of carbonyl (C=O) groups excluding carboxylic acids is 2. The van der Waals surface area contributed by atoms with Gasteiger partial charge >= 0.3 is 5.97 Å². The summed E-state index contributed by atoms with van der Waals surface area (Å²) in [5, 5.41) is 12.2. The number of carboxylic acid groups (broad SMARTS) is 1. The Bertz CT molecular complexity index is 954. The van der Waals surface area contributed by atoms with Crippen LogP contribution in [0, 0.1) is 11.8 Å². The van der Waals surface area contributed by atoms with E-state index in [2.05, 4.69) is 11.4 Å². The summed E-state index contributed by atoms with van der Waals surface area (Å²) in [6.45, 7) is 0.687. The number of carboxylic acids is 1. The van der Waals surface area contributed by atoms with Gasteiger partial charge in [0.05, 0.1) is 11.8 Å². The van der Waals surface area contributed by atoms with Gasteiger partial charge in [0.2, 0.25) is 5.91 Å². The molecule has 2 aliphatic rings. The van der Waals surface area contributed by atoms with Crippen molar-refractivity contribution >= 4 is 29.2 Å². The summed E-state index contributed by atoms with van der Waals surface area (Å²) in [6, 6.07) is 14.8. The molecule has 1 saturated carbocycles. The molecule has 1 fully saturated rings. The maximum Gasteiger partial charge on any atom is 0.307 e. The Morgan fingerprint density at radius 3 is 2.33 bits per heavy atom. The first kappa shape index (κ1) is 20.1. The van der Waals surface area contributed by atoms with Gasteiger partial charge in [-0.05, 0) is 61.6 Å². The quantitative estimate of drug-likeness (QED) is 0.800. The van der Waals surface area contributed by atoms with Gasteiger partial charge < -0.3 is 15.3 Å². The molecule has 30 heavy (non-hydrogen) atoms. The molecule has 0 saturated heterocycles. The Morgan fingerprint density at radius 2 is 1.60 bits per heavy atom. The molecule has 4 rings (SSSR count). The fraction of sp³-hybridized carbons (Fsp3) is 0.375. The van der Waals surface area contributed by atoms with Crippen LogP contribution in [0.25, 0.3) is 0 Å². The Balaban J connectivity index is 1.45. The number of benzene rings is 2. The summed E-state index contributed by atoms with van der Waals surface area (Å²) in [4.78, 5) is 38.9. The number of anilines is 2. The van der Waals surface area contributed by atoms with E-state index in [1.165, 1.54) is 5.56 Å². The van der Waals surface area contributed by atoms with Gasteiger partial charge in [-0.3, -0.25) is 14.4 Å². The van der Waals surface area contributed by atoms with Gasteiger partial charge in [-0.15, -0.1) is 0 Å². The Kier molecular flexibility index (Phi) is 5.84. The minimum absolute atomic E-state index is 0.0572. The van der Waals surface area contributed by atoms with Crippen molar-refractivity contribution in [2.75, 3.05) is 16.8 Å². The molecule has 6 heteroatoms. The van der Waals surface area contributed by atoms with Crippen LogP contribution in [0.4, 0.5) is 11.4 Å². The van der Waals surface area contributed by atoms with E-state index in [9.17, 15) is 19.5 Å².